The molecule has 0 bridgehead atoms. The van der Waals surface area contributed by atoms with Gasteiger partial charge in [-0.2, -0.15) is 4.98 Å². The van der Waals surface area contributed by atoms with Crippen molar-refractivity contribution in [3.8, 4) is 0 Å². The fraction of sp³-hybridized carbons (Fsp3) is 0.500. The number of rotatable bonds is 4. The minimum atomic E-state index is 0.442. The van der Waals surface area contributed by atoms with E-state index in [0.717, 1.165) is 42.2 Å². The summed E-state index contributed by atoms with van der Waals surface area (Å²) in [7, 11) is 0. The summed E-state index contributed by atoms with van der Waals surface area (Å²) in [6.07, 6.45) is 2.34. The topological polar surface area (TPSA) is 85.1 Å². The number of nitrogens with one attached hydrogen (secondary N) is 2. The SMILES string of the molecule is NNc1nc(NCC2CCCOC2)c2ccsc2n1. The van der Waals surface area contributed by atoms with Crippen LogP contribution in [0.4, 0.5) is 11.8 Å². The number of nitrogen functional groups attached to an aromatic ring is 1. The summed E-state index contributed by atoms with van der Waals surface area (Å²) < 4.78 is 5.48. The summed E-state index contributed by atoms with van der Waals surface area (Å²) in [5, 5.41) is 6.45. The van der Waals surface area contributed by atoms with Crippen LogP contribution in [0.15, 0.2) is 11.4 Å². The quantitative estimate of drug-likeness (QED) is 0.584. The molecule has 1 atom stereocenters. The van der Waals surface area contributed by atoms with Gasteiger partial charge in [0.25, 0.3) is 0 Å². The summed E-state index contributed by atoms with van der Waals surface area (Å²) in [6, 6.07) is 2.03. The first kappa shape index (κ1) is 12.6. The highest BCUT2D eigenvalue weighted by atomic mass is 32.1. The van der Waals surface area contributed by atoms with Crippen LogP contribution in [0.5, 0.6) is 0 Å². The lowest BCUT2D eigenvalue weighted by Gasteiger charge is -2.22. The van der Waals surface area contributed by atoms with Gasteiger partial charge >= 0.3 is 0 Å². The molecule has 3 heterocycles. The van der Waals surface area contributed by atoms with Gasteiger partial charge in [-0.3, -0.25) is 5.43 Å². The lowest BCUT2D eigenvalue weighted by atomic mass is 10.0. The molecule has 0 radical (unpaired) electrons. The number of thiophene rings is 1. The second kappa shape index (κ2) is 5.68. The van der Waals surface area contributed by atoms with Crippen LogP contribution in [-0.4, -0.2) is 29.7 Å². The van der Waals surface area contributed by atoms with Gasteiger partial charge < -0.3 is 10.1 Å². The number of anilines is 2. The van der Waals surface area contributed by atoms with Gasteiger partial charge in [0, 0.05) is 13.2 Å². The lowest BCUT2D eigenvalue weighted by Crippen LogP contribution is -2.24. The van der Waals surface area contributed by atoms with E-state index in [9.17, 15) is 0 Å². The molecule has 0 aliphatic carbocycles. The third-order valence-electron chi connectivity index (χ3n) is 3.27. The summed E-state index contributed by atoms with van der Waals surface area (Å²) >= 11 is 1.58. The van der Waals surface area contributed by atoms with Crippen LogP contribution in [0.3, 0.4) is 0 Å². The van der Waals surface area contributed by atoms with E-state index in [1.54, 1.807) is 11.3 Å². The summed E-state index contributed by atoms with van der Waals surface area (Å²) in [4.78, 5) is 9.63. The third-order valence-corrected chi connectivity index (χ3v) is 4.07. The number of nitrogens with two attached hydrogens (primary N) is 1. The average Bonchev–Trinajstić information content (AvgIpc) is 2.94. The second-order valence-electron chi connectivity index (χ2n) is 4.64. The number of ether oxygens (including phenoxy) is 1. The maximum atomic E-state index is 5.48. The predicted octanol–water partition coefficient (Wildman–Crippen LogP) is 1.82. The fourth-order valence-corrected chi connectivity index (χ4v) is 3.03. The molecule has 1 fully saturated rings. The first-order valence-electron chi connectivity index (χ1n) is 6.40. The Morgan fingerprint density at radius 3 is 3.21 bits per heavy atom. The zero-order valence-electron chi connectivity index (χ0n) is 10.6. The molecule has 1 unspecified atom stereocenters. The summed E-state index contributed by atoms with van der Waals surface area (Å²) in [5.74, 6) is 7.23. The highest BCUT2D eigenvalue weighted by Gasteiger charge is 2.15. The Balaban J connectivity index is 1.77. The van der Waals surface area contributed by atoms with Gasteiger partial charge in [0.15, 0.2) is 0 Å². The highest BCUT2D eigenvalue weighted by Crippen LogP contribution is 2.26. The number of nitrogens with zero attached hydrogens (tertiary/aromatic N) is 2. The smallest absolute Gasteiger partial charge is 0.240 e. The number of hydrogen-bond donors (Lipinski definition) is 3. The van der Waals surface area contributed by atoms with Crippen LogP contribution in [0.2, 0.25) is 0 Å². The first-order valence-corrected chi connectivity index (χ1v) is 7.28. The van der Waals surface area contributed by atoms with E-state index >= 15 is 0 Å². The molecule has 0 aromatic carbocycles. The number of hydrazine groups is 1. The number of hydrogen-bond acceptors (Lipinski definition) is 7. The van der Waals surface area contributed by atoms with Crippen LogP contribution < -0.4 is 16.6 Å². The van der Waals surface area contributed by atoms with Gasteiger partial charge in [-0.05, 0) is 30.2 Å². The van der Waals surface area contributed by atoms with E-state index in [1.165, 1.54) is 6.42 Å². The van der Waals surface area contributed by atoms with Crippen LogP contribution in [-0.2, 0) is 4.74 Å². The molecule has 1 saturated heterocycles. The maximum absolute atomic E-state index is 5.48. The van der Waals surface area contributed by atoms with Crippen molar-refractivity contribution in [1.29, 1.82) is 0 Å². The Bertz CT molecular complexity index is 552. The van der Waals surface area contributed by atoms with Crippen LogP contribution in [0.25, 0.3) is 10.2 Å². The Hall–Kier alpha value is -1.44. The van der Waals surface area contributed by atoms with Gasteiger partial charge in [-0.25, -0.2) is 10.8 Å². The molecule has 7 heteroatoms. The molecule has 6 nitrogen and oxygen atoms in total. The van der Waals surface area contributed by atoms with E-state index in [1.807, 2.05) is 11.4 Å². The molecule has 2 aromatic heterocycles. The monoisotopic (exact) mass is 279 g/mol. The molecule has 0 amide bonds. The molecule has 19 heavy (non-hydrogen) atoms. The van der Waals surface area contributed by atoms with E-state index in [0.29, 0.717) is 11.9 Å². The highest BCUT2D eigenvalue weighted by molar-refractivity contribution is 7.16. The maximum Gasteiger partial charge on any atom is 0.240 e. The standard InChI is InChI=1S/C12H17N5OS/c13-17-12-15-10(9-3-5-19-11(9)16-12)14-6-8-2-1-4-18-7-8/h3,5,8H,1-2,4,6-7,13H2,(H2,14,15,16,17). The fourth-order valence-electron chi connectivity index (χ4n) is 2.26. The largest absolute Gasteiger partial charge is 0.381 e. The van der Waals surface area contributed by atoms with Gasteiger partial charge in [0.2, 0.25) is 5.95 Å². The van der Waals surface area contributed by atoms with Crippen LogP contribution in [0.1, 0.15) is 12.8 Å². The first-order chi connectivity index (χ1) is 9.36. The van der Waals surface area contributed by atoms with E-state index in [4.69, 9.17) is 10.6 Å². The van der Waals surface area contributed by atoms with Crippen LogP contribution in [0, 0.1) is 5.92 Å². The van der Waals surface area contributed by atoms with Gasteiger partial charge in [0.05, 0.1) is 12.0 Å². The Kier molecular flexibility index (Phi) is 3.77. The number of fused-ring (bicyclic) bond motifs is 1. The Morgan fingerprint density at radius 1 is 1.47 bits per heavy atom. The van der Waals surface area contributed by atoms with Gasteiger partial charge in [-0.15, -0.1) is 11.3 Å². The van der Waals surface area contributed by atoms with Crippen molar-refractivity contribution in [1.82, 2.24) is 9.97 Å². The van der Waals surface area contributed by atoms with Crippen molar-refractivity contribution in [2.45, 2.75) is 12.8 Å². The molecule has 0 saturated carbocycles. The molecular weight excluding hydrogens is 262 g/mol. The van der Waals surface area contributed by atoms with Gasteiger partial charge in [-0.1, -0.05) is 0 Å². The van der Waals surface area contributed by atoms with E-state index in [2.05, 4.69) is 20.7 Å². The molecule has 102 valence electrons. The zero-order valence-corrected chi connectivity index (χ0v) is 11.4. The predicted molar refractivity (Wildman–Crippen MR) is 77.3 cm³/mol. The number of aromatic nitrogens is 2. The molecule has 0 spiro atoms. The van der Waals surface area contributed by atoms with Gasteiger partial charge in [0.1, 0.15) is 10.6 Å². The molecular formula is C12H17N5OS. The molecule has 1 aliphatic heterocycles. The lowest BCUT2D eigenvalue weighted by molar-refractivity contribution is 0.0595. The molecule has 2 aromatic rings. The van der Waals surface area contributed by atoms with Crippen molar-refractivity contribution in [3.63, 3.8) is 0 Å². The van der Waals surface area contributed by atoms with E-state index in [-0.39, 0.29) is 0 Å². The summed E-state index contributed by atoms with van der Waals surface area (Å²) in [6.45, 7) is 2.58. The molecule has 3 rings (SSSR count). The normalized spacial score (nSPS) is 19.5. The minimum absolute atomic E-state index is 0.442. The van der Waals surface area contributed by atoms with Crippen molar-refractivity contribution >= 4 is 33.3 Å². The third kappa shape index (κ3) is 2.78. The second-order valence-corrected chi connectivity index (χ2v) is 5.54. The van der Waals surface area contributed by atoms with Crippen molar-refractivity contribution in [3.05, 3.63) is 11.4 Å². The van der Waals surface area contributed by atoms with Crippen molar-refractivity contribution in [2.75, 3.05) is 30.5 Å². The van der Waals surface area contributed by atoms with Crippen molar-refractivity contribution in [2.24, 2.45) is 11.8 Å². The average molecular weight is 279 g/mol. The molecule has 1 aliphatic rings. The van der Waals surface area contributed by atoms with Crippen LogP contribution >= 0.6 is 11.3 Å². The van der Waals surface area contributed by atoms with Crippen molar-refractivity contribution < 1.29 is 4.74 Å². The minimum Gasteiger partial charge on any atom is -0.381 e. The Labute approximate surface area is 115 Å². The zero-order chi connectivity index (χ0) is 13.1. The Morgan fingerprint density at radius 2 is 2.42 bits per heavy atom. The van der Waals surface area contributed by atoms with E-state index < -0.39 is 0 Å². The molecule has 4 N–H and O–H groups in total. The summed E-state index contributed by atoms with van der Waals surface area (Å²) in [5.41, 5.74) is 2.51.